The minimum absolute atomic E-state index is 0.401. The van der Waals surface area contributed by atoms with Crippen LogP contribution in [0.4, 0.5) is 4.79 Å². The van der Waals surface area contributed by atoms with E-state index >= 15 is 0 Å². The third-order valence-electron chi connectivity index (χ3n) is 2.35. The number of nitrogens with one attached hydrogen (secondary N) is 1. The number of halogens is 1. The summed E-state index contributed by atoms with van der Waals surface area (Å²) in [5.41, 5.74) is -0.0128. The van der Waals surface area contributed by atoms with Crippen molar-refractivity contribution < 1.29 is 19.1 Å². The van der Waals surface area contributed by atoms with Crippen molar-refractivity contribution in [1.82, 2.24) is 5.32 Å². The molecule has 0 saturated heterocycles. The predicted octanol–water partition coefficient (Wildman–Crippen LogP) is 3.56. The fourth-order valence-corrected chi connectivity index (χ4v) is 1.88. The molecule has 1 amide bonds. The molecule has 0 radical (unpaired) electrons. The van der Waals surface area contributed by atoms with Crippen molar-refractivity contribution in [3.8, 4) is 5.75 Å². The average Bonchev–Trinajstić information content (AvgIpc) is 2.37. The number of carbonyl (C=O) groups is 2. The fraction of sp³-hybridized carbons (Fsp3) is 0.467. The van der Waals surface area contributed by atoms with E-state index in [2.05, 4.69) is 21.2 Å². The number of hydrogen-bond acceptors (Lipinski definition) is 4. The van der Waals surface area contributed by atoms with E-state index in [1.165, 1.54) is 0 Å². The minimum atomic E-state index is -0.503. The van der Waals surface area contributed by atoms with Crippen molar-refractivity contribution in [1.29, 1.82) is 0 Å². The van der Waals surface area contributed by atoms with Gasteiger partial charge in [-0.2, -0.15) is 0 Å². The van der Waals surface area contributed by atoms with E-state index in [1.807, 2.05) is 20.8 Å². The Morgan fingerprint density at radius 3 is 2.71 bits per heavy atom. The first kappa shape index (κ1) is 17.5. The van der Waals surface area contributed by atoms with Gasteiger partial charge >= 0.3 is 6.09 Å². The lowest BCUT2D eigenvalue weighted by Gasteiger charge is -2.19. The number of aldehydes is 1. The summed E-state index contributed by atoms with van der Waals surface area (Å²) in [5, 5.41) is 2.64. The molecule has 0 aromatic heterocycles. The number of amides is 1. The van der Waals surface area contributed by atoms with Crippen LogP contribution in [0.3, 0.4) is 0 Å². The molecule has 1 N–H and O–H groups in total. The highest BCUT2D eigenvalue weighted by Gasteiger charge is 2.15. The highest BCUT2D eigenvalue weighted by atomic mass is 79.9. The van der Waals surface area contributed by atoms with Crippen LogP contribution in [0.2, 0.25) is 0 Å². The van der Waals surface area contributed by atoms with Gasteiger partial charge in [0.15, 0.2) is 6.29 Å². The van der Waals surface area contributed by atoms with Crippen LogP contribution in [0.15, 0.2) is 22.7 Å². The lowest BCUT2D eigenvalue weighted by Crippen LogP contribution is -2.33. The molecule has 6 heteroatoms. The molecule has 1 aromatic carbocycles. The summed E-state index contributed by atoms with van der Waals surface area (Å²) >= 11 is 3.29. The van der Waals surface area contributed by atoms with E-state index in [9.17, 15) is 9.59 Å². The Bertz CT molecular complexity index is 497. The van der Waals surface area contributed by atoms with Crippen molar-refractivity contribution in [3.05, 3.63) is 28.2 Å². The summed E-state index contributed by atoms with van der Waals surface area (Å²) in [5.74, 6) is 0.533. The molecule has 0 fully saturated rings. The second-order valence-electron chi connectivity index (χ2n) is 5.43. The van der Waals surface area contributed by atoms with Gasteiger partial charge in [-0.1, -0.05) is 15.9 Å². The number of alkyl carbamates (subject to hydrolysis) is 1. The summed E-state index contributed by atoms with van der Waals surface area (Å²) in [6, 6.07) is 5.23. The number of ether oxygens (including phenoxy) is 2. The van der Waals surface area contributed by atoms with Crippen molar-refractivity contribution in [2.75, 3.05) is 13.2 Å². The molecule has 0 unspecified atom stereocenters. The molecular weight excluding hydrogens is 338 g/mol. The van der Waals surface area contributed by atoms with E-state index in [0.29, 0.717) is 30.9 Å². The van der Waals surface area contributed by atoms with Crippen LogP contribution in [0.1, 0.15) is 37.6 Å². The van der Waals surface area contributed by atoms with Crippen LogP contribution in [0, 0.1) is 0 Å². The molecular formula is C15H20BrNO4. The molecule has 0 aliphatic heterocycles. The largest absolute Gasteiger partial charge is 0.493 e. The molecule has 1 aromatic rings. The first-order chi connectivity index (χ1) is 9.81. The maximum atomic E-state index is 11.4. The monoisotopic (exact) mass is 357 g/mol. The van der Waals surface area contributed by atoms with E-state index < -0.39 is 11.7 Å². The zero-order chi connectivity index (χ0) is 15.9. The quantitative estimate of drug-likeness (QED) is 0.624. The lowest BCUT2D eigenvalue weighted by atomic mass is 10.2. The van der Waals surface area contributed by atoms with Gasteiger partial charge in [-0.15, -0.1) is 0 Å². The number of rotatable bonds is 6. The summed E-state index contributed by atoms with van der Waals surface area (Å²) in [6.07, 6.45) is 0.923. The Kier molecular flexibility index (Phi) is 6.68. The van der Waals surface area contributed by atoms with Crippen LogP contribution in [0.5, 0.6) is 5.75 Å². The Morgan fingerprint density at radius 2 is 2.10 bits per heavy atom. The van der Waals surface area contributed by atoms with Gasteiger partial charge in [0.2, 0.25) is 0 Å². The maximum Gasteiger partial charge on any atom is 0.407 e. The first-order valence-electron chi connectivity index (χ1n) is 6.66. The number of hydrogen-bond donors (Lipinski definition) is 1. The predicted molar refractivity (Wildman–Crippen MR) is 83.9 cm³/mol. The summed E-state index contributed by atoms with van der Waals surface area (Å²) in [7, 11) is 0. The van der Waals surface area contributed by atoms with Crippen LogP contribution < -0.4 is 10.1 Å². The number of carbonyl (C=O) groups excluding carboxylic acids is 2. The second-order valence-corrected chi connectivity index (χ2v) is 6.35. The normalized spacial score (nSPS) is 10.9. The van der Waals surface area contributed by atoms with Gasteiger partial charge in [0.1, 0.15) is 11.4 Å². The molecule has 0 aliphatic rings. The standard InChI is InChI=1S/C15H20BrNO4/c1-15(2,3)21-14(19)17-7-4-8-20-13-6-5-12(16)9-11(13)10-18/h5-6,9-10H,4,7-8H2,1-3H3,(H,17,19). The highest BCUT2D eigenvalue weighted by molar-refractivity contribution is 9.10. The van der Waals surface area contributed by atoms with Gasteiger partial charge in [0.25, 0.3) is 0 Å². The molecule has 0 bridgehead atoms. The van der Waals surface area contributed by atoms with E-state index in [4.69, 9.17) is 9.47 Å². The molecule has 1 rings (SSSR count). The average molecular weight is 358 g/mol. The number of benzene rings is 1. The molecule has 0 heterocycles. The van der Waals surface area contributed by atoms with Crippen molar-refractivity contribution in [3.63, 3.8) is 0 Å². The Hall–Kier alpha value is -1.56. The zero-order valence-electron chi connectivity index (χ0n) is 12.4. The third-order valence-corrected chi connectivity index (χ3v) is 2.84. The van der Waals surface area contributed by atoms with Gasteiger partial charge in [-0.05, 0) is 45.4 Å². The topological polar surface area (TPSA) is 64.6 Å². The van der Waals surface area contributed by atoms with Gasteiger partial charge in [0, 0.05) is 11.0 Å². The van der Waals surface area contributed by atoms with E-state index in [1.54, 1.807) is 18.2 Å². The smallest absolute Gasteiger partial charge is 0.407 e. The van der Waals surface area contributed by atoms with Gasteiger partial charge in [-0.3, -0.25) is 4.79 Å². The summed E-state index contributed by atoms with van der Waals surface area (Å²) < 4.78 is 11.5. The molecule has 0 spiro atoms. The molecule has 116 valence electrons. The van der Waals surface area contributed by atoms with Crippen LogP contribution in [-0.2, 0) is 4.74 Å². The highest BCUT2D eigenvalue weighted by Crippen LogP contribution is 2.21. The van der Waals surface area contributed by atoms with Crippen LogP contribution in [-0.4, -0.2) is 31.1 Å². The Morgan fingerprint density at radius 1 is 1.38 bits per heavy atom. The minimum Gasteiger partial charge on any atom is -0.493 e. The Balaban J connectivity index is 2.29. The first-order valence-corrected chi connectivity index (χ1v) is 7.45. The second kappa shape index (κ2) is 8.02. The van der Waals surface area contributed by atoms with Gasteiger partial charge in [0.05, 0.1) is 12.2 Å². The summed E-state index contributed by atoms with van der Waals surface area (Å²) in [4.78, 5) is 22.3. The molecule has 5 nitrogen and oxygen atoms in total. The van der Waals surface area contributed by atoms with Crippen LogP contribution in [0.25, 0.3) is 0 Å². The molecule has 0 atom stereocenters. The lowest BCUT2D eigenvalue weighted by molar-refractivity contribution is 0.0525. The van der Waals surface area contributed by atoms with Gasteiger partial charge < -0.3 is 14.8 Å². The van der Waals surface area contributed by atoms with E-state index in [-0.39, 0.29) is 0 Å². The third kappa shape index (κ3) is 7.13. The zero-order valence-corrected chi connectivity index (χ0v) is 14.0. The fourth-order valence-electron chi connectivity index (χ4n) is 1.50. The van der Waals surface area contributed by atoms with Crippen LogP contribution >= 0.6 is 15.9 Å². The van der Waals surface area contributed by atoms with E-state index in [0.717, 1.165) is 10.8 Å². The maximum absolute atomic E-state index is 11.4. The molecule has 0 saturated carbocycles. The van der Waals surface area contributed by atoms with Crippen molar-refractivity contribution in [2.24, 2.45) is 0 Å². The van der Waals surface area contributed by atoms with Crippen molar-refractivity contribution >= 4 is 28.3 Å². The summed E-state index contributed by atoms with van der Waals surface area (Å²) in [6.45, 7) is 6.28. The Labute approximate surface area is 133 Å². The van der Waals surface area contributed by atoms with Gasteiger partial charge in [-0.25, -0.2) is 4.79 Å². The SMILES string of the molecule is CC(C)(C)OC(=O)NCCCOc1ccc(Br)cc1C=O. The molecule has 21 heavy (non-hydrogen) atoms. The van der Waals surface area contributed by atoms with Crippen molar-refractivity contribution in [2.45, 2.75) is 32.8 Å². The molecule has 0 aliphatic carbocycles.